The van der Waals surface area contributed by atoms with Crippen LogP contribution in [0.5, 0.6) is 0 Å². The molecular formula is C32H42N6O7. The zero-order valence-corrected chi connectivity index (χ0v) is 26.1. The molecular weight excluding hydrogens is 580 g/mol. The van der Waals surface area contributed by atoms with Crippen molar-refractivity contribution < 1.29 is 33.8 Å². The maximum atomic E-state index is 13.6. The van der Waals surface area contributed by atoms with Gasteiger partial charge in [-0.1, -0.05) is 43.7 Å². The number of fused-ring (bicyclic) bond motifs is 1. The van der Waals surface area contributed by atoms with Gasteiger partial charge in [0.15, 0.2) is 5.82 Å². The predicted octanol–water partition coefficient (Wildman–Crippen LogP) is 1.95. The van der Waals surface area contributed by atoms with Crippen molar-refractivity contribution in [3.8, 4) is 11.4 Å². The van der Waals surface area contributed by atoms with Gasteiger partial charge in [-0.3, -0.25) is 14.4 Å². The summed E-state index contributed by atoms with van der Waals surface area (Å²) in [6.45, 7) is 8.26. The number of esters is 1. The number of amides is 3. The number of piperidine rings is 1. The number of ether oxygens (including phenoxy) is 2. The first-order chi connectivity index (χ1) is 21.7. The van der Waals surface area contributed by atoms with Gasteiger partial charge in [-0.25, -0.2) is 14.8 Å². The maximum Gasteiger partial charge on any atom is 0.409 e. The van der Waals surface area contributed by atoms with E-state index in [2.05, 4.69) is 10.3 Å². The third kappa shape index (κ3) is 7.35. The molecule has 0 unspecified atom stereocenters. The molecule has 1 saturated carbocycles. The molecule has 13 heteroatoms. The summed E-state index contributed by atoms with van der Waals surface area (Å²) >= 11 is 0. The van der Waals surface area contributed by atoms with E-state index in [1.807, 2.05) is 42.2 Å². The van der Waals surface area contributed by atoms with E-state index in [1.165, 1.54) is 11.8 Å². The maximum absolute atomic E-state index is 13.6. The number of rotatable bonds is 11. The number of aromatic nitrogens is 2. The van der Waals surface area contributed by atoms with Crippen LogP contribution in [-0.2, 0) is 19.1 Å². The molecule has 3 fully saturated rings. The zero-order chi connectivity index (χ0) is 32.1. The molecule has 3 amide bonds. The second-order valence-corrected chi connectivity index (χ2v) is 11.8. The van der Waals surface area contributed by atoms with Crippen LogP contribution in [0.2, 0.25) is 0 Å². The van der Waals surface area contributed by atoms with Gasteiger partial charge in [0.1, 0.15) is 17.6 Å². The Balaban J connectivity index is 1.28. The van der Waals surface area contributed by atoms with Crippen LogP contribution in [0.3, 0.4) is 0 Å². The van der Waals surface area contributed by atoms with Gasteiger partial charge < -0.3 is 34.6 Å². The predicted molar refractivity (Wildman–Crippen MR) is 164 cm³/mol. The van der Waals surface area contributed by atoms with Crippen LogP contribution < -0.4 is 10.2 Å². The minimum Gasteiger partial charge on any atom is -0.466 e. The lowest BCUT2D eigenvalue weighted by atomic mass is 10.1. The van der Waals surface area contributed by atoms with E-state index in [9.17, 15) is 24.3 Å². The average molecular weight is 623 g/mol. The number of aliphatic hydroxyl groups is 1. The van der Waals surface area contributed by atoms with E-state index < -0.39 is 30.1 Å². The molecule has 2 aliphatic heterocycles. The molecule has 5 atom stereocenters. The molecule has 0 bridgehead atoms. The highest BCUT2D eigenvalue weighted by atomic mass is 16.6. The fourth-order valence-electron chi connectivity index (χ4n) is 6.04. The lowest BCUT2D eigenvalue weighted by Gasteiger charge is -2.36. The third-order valence-electron chi connectivity index (χ3n) is 8.66. The highest BCUT2D eigenvalue weighted by molar-refractivity contribution is 5.97. The number of nitrogens with zero attached hydrogens (tertiary/aromatic N) is 5. The minimum atomic E-state index is -1.22. The van der Waals surface area contributed by atoms with Gasteiger partial charge in [0.05, 0.1) is 25.2 Å². The Bertz CT molecular complexity index is 1370. The van der Waals surface area contributed by atoms with E-state index in [0.717, 1.165) is 18.4 Å². The van der Waals surface area contributed by atoms with E-state index >= 15 is 0 Å². The monoisotopic (exact) mass is 622 g/mol. The first kappa shape index (κ1) is 32.1. The van der Waals surface area contributed by atoms with Crippen LogP contribution in [0.15, 0.2) is 36.4 Å². The Hall–Kier alpha value is -4.26. The Morgan fingerprint density at radius 1 is 0.978 bits per heavy atom. The highest BCUT2D eigenvalue weighted by Crippen LogP contribution is 2.53. The van der Waals surface area contributed by atoms with Crippen molar-refractivity contribution in [3.63, 3.8) is 0 Å². The van der Waals surface area contributed by atoms with Gasteiger partial charge in [-0.15, -0.1) is 0 Å². The molecule has 2 saturated heterocycles. The number of nitrogens with one attached hydrogen (secondary N) is 1. The van der Waals surface area contributed by atoms with Crippen molar-refractivity contribution in [3.05, 3.63) is 42.1 Å². The summed E-state index contributed by atoms with van der Waals surface area (Å²) in [5.41, 5.74) is 0.774. The number of unbranched alkanes of at least 4 members (excludes halogenated alkanes) is 1. The number of carbonyl (C=O) groups excluding carboxylic acids is 4. The number of hydrogen-bond donors (Lipinski definition) is 2. The topological polar surface area (TPSA) is 154 Å². The molecule has 1 aromatic heterocycles. The molecule has 3 heterocycles. The van der Waals surface area contributed by atoms with Crippen molar-refractivity contribution in [1.82, 2.24) is 25.1 Å². The van der Waals surface area contributed by atoms with E-state index in [4.69, 9.17) is 14.5 Å². The lowest BCUT2D eigenvalue weighted by Crippen LogP contribution is -2.58. The van der Waals surface area contributed by atoms with Crippen LogP contribution in [0.4, 0.5) is 10.6 Å². The molecule has 0 radical (unpaired) electrons. The number of aliphatic hydroxyl groups excluding tert-OH is 1. The SMILES string of the molecule is CCCCOC(=O)N1CCN(C(=O)[C@@H](NC(=O)c2cc(N3C[C@@H]4[C@H](C3)[C@@H]4C(=O)OCC)nc(-c3ccccc3)n2)[C@@H](C)O)CC1. The highest BCUT2D eigenvalue weighted by Gasteiger charge is 2.60. The number of anilines is 1. The molecule has 1 aromatic carbocycles. The number of benzene rings is 1. The van der Waals surface area contributed by atoms with Crippen LogP contribution in [0.25, 0.3) is 11.4 Å². The zero-order valence-electron chi connectivity index (χ0n) is 26.1. The van der Waals surface area contributed by atoms with Crippen molar-refractivity contribution in [2.24, 2.45) is 17.8 Å². The number of hydrogen-bond acceptors (Lipinski definition) is 10. The third-order valence-corrected chi connectivity index (χ3v) is 8.66. The number of carbonyl (C=O) groups is 4. The molecule has 3 aliphatic rings. The van der Waals surface area contributed by atoms with Crippen molar-refractivity contribution >= 4 is 29.7 Å². The summed E-state index contributed by atoms with van der Waals surface area (Å²) in [5.74, 6) is -0.0950. The van der Waals surface area contributed by atoms with E-state index in [0.29, 0.717) is 51.0 Å². The van der Waals surface area contributed by atoms with Crippen molar-refractivity contribution in [2.45, 2.75) is 45.8 Å². The Kier molecular flexibility index (Phi) is 10.2. The quantitative estimate of drug-likeness (QED) is 0.281. The van der Waals surface area contributed by atoms with Crippen LogP contribution in [0, 0.1) is 17.8 Å². The summed E-state index contributed by atoms with van der Waals surface area (Å²) in [4.78, 5) is 66.1. The largest absolute Gasteiger partial charge is 0.466 e. The average Bonchev–Trinajstić information content (AvgIpc) is 3.56. The molecule has 5 rings (SSSR count). The fraction of sp³-hybridized carbons (Fsp3) is 0.562. The molecule has 13 nitrogen and oxygen atoms in total. The molecule has 0 spiro atoms. The van der Waals surface area contributed by atoms with Gasteiger partial charge in [0.2, 0.25) is 5.91 Å². The summed E-state index contributed by atoms with van der Waals surface area (Å²) in [6.07, 6.45) is 0.119. The molecule has 2 aromatic rings. The van der Waals surface area contributed by atoms with Crippen LogP contribution >= 0.6 is 0 Å². The van der Waals surface area contributed by atoms with Gasteiger partial charge in [0, 0.05) is 50.9 Å². The normalized spacial score (nSPS) is 21.9. The van der Waals surface area contributed by atoms with E-state index in [-0.39, 0.29) is 42.5 Å². The smallest absolute Gasteiger partial charge is 0.409 e. The summed E-state index contributed by atoms with van der Waals surface area (Å²) in [5, 5.41) is 13.2. The molecule has 2 N–H and O–H groups in total. The Labute approximate surface area is 262 Å². The Morgan fingerprint density at radius 3 is 2.27 bits per heavy atom. The lowest BCUT2D eigenvalue weighted by molar-refractivity contribution is -0.145. The Morgan fingerprint density at radius 2 is 1.64 bits per heavy atom. The van der Waals surface area contributed by atoms with Gasteiger partial charge >= 0.3 is 12.1 Å². The standard InChI is InChI=1S/C32H42N6O7/c1-4-6-16-45-32(43)37-14-12-36(13-15-37)30(41)27(20(3)39)35-29(40)24-17-25(34-28(33-24)21-10-8-7-9-11-21)38-18-22-23(19-38)26(22)31(42)44-5-2/h7-11,17,20,22-23,26-27,39H,4-6,12-16,18-19H2,1-3H3,(H,35,40)/t20-,22-,23+,26-,27+/m1/s1. The van der Waals surface area contributed by atoms with Gasteiger partial charge in [-0.2, -0.15) is 0 Å². The summed E-state index contributed by atoms with van der Waals surface area (Å²) < 4.78 is 10.5. The summed E-state index contributed by atoms with van der Waals surface area (Å²) in [7, 11) is 0. The van der Waals surface area contributed by atoms with Gasteiger partial charge in [-0.05, 0) is 32.1 Å². The van der Waals surface area contributed by atoms with Crippen LogP contribution in [-0.4, -0.2) is 113 Å². The fourth-order valence-corrected chi connectivity index (χ4v) is 6.04. The summed E-state index contributed by atoms with van der Waals surface area (Å²) in [6, 6.07) is 9.64. The second kappa shape index (κ2) is 14.2. The van der Waals surface area contributed by atoms with Crippen LogP contribution in [0.1, 0.15) is 44.1 Å². The first-order valence-corrected chi connectivity index (χ1v) is 15.8. The minimum absolute atomic E-state index is 0.0551. The van der Waals surface area contributed by atoms with Crippen molar-refractivity contribution in [1.29, 1.82) is 0 Å². The first-order valence-electron chi connectivity index (χ1n) is 15.8. The molecule has 45 heavy (non-hydrogen) atoms. The molecule has 242 valence electrons. The number of piperazine rings is 1. The van der Waals surface area contributed by atoms with Gasteiger partial charge in [0.25, 0.3) is 5.91 Å². The van der Waals surface area contributed by atoms with Crippen molar-refractivity contribution in [2.75, 3.05) is 57.4 Å². The second-order valence-electron chi connectivity index (χ2n) is 11.8. The van der Waals surface area contributed by atoms with E-state index in [1.54, 1.807) is 17.9 Å². The molecule has 1 aliphatic carbocycles.